The maximum absolute atomic E-state index is 10.7. The van der Waals surface area contributed by atoms with Gasteiger partial charge in [-0.1, -0.05) is 0 Å². The van der Waals surface area contributed by atoms with E-state index in [4.69, 9.17) is 14.3 Å². The van der Waals surface area contributed by atoms with Crippen LogP contribution in [0, 0.1) is 10.1 Å². The summed E-state index contributed by atoms with van der Waals surface area (Å²) in [5.74, 6) is -1.55. The molecular weight excluding hydrogens is 230 g/mol. The second kappa shape index (κ2) is 3.78. The molecule has 0 aliphatic heterocycles. The lowest BCUT2D eigenvalue weighted by atomic mass is 10.2. The zero-order valence-electron chi connectivity index (χ0n) is 8.67. The highest BCUT2D eigenvalue weighted by Crippen LogP contribution is 2.36. The molecule has 2 rings (SSSR count). The van der Waals surface area contributed by atoms with Crippen molar-refractivity contribution in [2.45, 2.75) is 0 Å². The molecular formula is C10H7NO6. The Morgan fingerprint density at radius 3 is 2.76 bits per heavy atom. The van der Waals surface area contributed by atoms with E-state index in [0.717, 1.165) is 0 Å². The number of furan rings is 1. The second-order valence-electron chi connectivity index (χ2n) is 3.20. The van der Waals surface area contributed by atoms with Crippen LogP contribution < -0.4 is 4.74 Å². The first-order valence-electron chi connectivity index (χ1n) is 4.53. The van der Waals surface area contributed by atoms with Crippen LogP contribution in [0.1, 0.15) is 10.6 Å². The first kappa shape index (κ1) is 10.9. The number of carboxylic acid groups (broad SMARTS) is 1. The number of aromatic carboxylic acids is 1. The highest BCUT2D eigenvalue weighted by molar-refractivity contribution is 5.95. The number of nitrogens with zero attached hydrogens (tertiary/aromatic N) is 1. The summed E-state index contributed by atoms with van der Waals surface area (Å²) in [6, 6.07) is 3.74. The summed E-state index contributed by atoms with van der Waals surface area (Å²) in [6.07, 6.45) is 0. The number of hydrogen-bond acceptors (Lipinski definition) is 5. The highest BCUT2D eigenvalue weighted by Gasteiger charge is 2.21. The van der Waals surface area contributed by atoms with Gasteiger partial charge in [-0.05, 0) is 6.07 Å². The van der Waals surface area contributed by atoms with Crippen LogP contribution in [0.15, 0.2) is 22.6 Å². The number of hydrogen-bond donors (Lipinski definition) is 1. The van der Waals surface area contributed by atoms with Crippen molar-refractivity contribution < 1.29 is 24.0 Å². The van der Waals surface area contributed by atoms with Crippen LogP contribution in [-0.4, -0.2) is 23.1 Å². The van der Waals surface area contributed by atoms with Gasteiger partial charge in [-0.25, -0.2) is 4.79 Å². The summed E-state index contributed by atoms with van der Waals surface area (Å²) in [5.41, 5.74) is -0.0115. The van der Waals surface area contributed by atoms with E-state index in [2.05, 4.69) is 0 Å². The summed E-state index contributed by atoms with van der Waals surface area (Å²) >= 11 is 0. The Balaban J connectivity index is 2.76. The minimum Gasteiger partial charge on any atom is -0.490 e. The van der Waals surface area contributed by atoms with Gasteiger partial charge in [-0.15, -0.1) is 0 Å². The van der Waals surface area contributed by atoms with Crippen molar-refractivity contribution >= 4 is 22.6 Å². The summed E-state index contributed by atoms with van der Waals surface area (Å²) in [6.45, 7) is 0. The quantitative estimate of drug-likeness (QED) is 0.647. The van der Waals surface area contributed by atoms with Crippen LogP contribution in [0.2, 0.25) is 0 Å². The predicted octanol–water partition coefficient (Wildman–Crippen LogP) is 2.05. The zero-order valence-corrected chi connectivity index (χ0v) is 8.67. The van der Waals surface area contributed by atoms with Crippen LogP contribution in [0.5, 0.6) is 5.75 Å². The Morgan fingerprint density at radius 2 is 2.24 bits per heavy atom. The SMILES string of the molecule is COc1c([N+](=O)[O-])ccc2oc(C(=O)O)cc12. The van der Waals surface area contributed by atoms with Gasteiger partial charge in [0.25, 0.3) is 0 Å². The lowest BCUT2D eigenvalue weighted by molar-refractivity contribution is -0.385. The third-order valence-corrected chi connectivity index (χ3v) is 2.24. The van der Waals surface area contributed by atoms with Crippen molar-refractivity contribution in [1.82, 2.24) is 0 Å². The largest absolute Gasteiger partial charge is 0.490 e. The maximum atomic E-state index is 10.7. The average Bonchev–Trinajstić information content (AvgIpc) is 2.70. The molecule has 0 radical (unpaired) electrons. The Bertz CT molecular complexity index is 615. The molecule has 0 aliphatic carbocycles. The molecule has 0 unspecified atom stereocenters. The number of nitro benzene ring substituents is 1. The van der Waals surface area contributed by atoms with Crippen molar-refractivity contribution in [3.63, 3.8) is 0 Å². The Labute approximate surface area is 94.4 Å². The molecule has 7 heteroatoms. The number of ether oxygens (including phenoxy) is 1. The molecule has 0 atom stereocenters. The number of nitro groups is 1. The van der Waals surface area contributed by atoms with E-state index in [0.29, 0.717) is 0 Å². The summed E-state index contributed by atoms with van der Waals surface area (Å²) in [5, 5.41) is 19.8. The van der Waals surface area contributed by atoms with Crippen LogP contribution in [0.3, 0.4) is 0 Å². The lowest BCUT2D eigenvalue weighted by Crippen LogP contribution is -1.93. The molecule has 7 nitrogen and oxygen atoms in total. The first-order valence-corrected chi connectivity index (χ1v) is 4.53. The van der Waals surface area contributed by atoms with Crippen molar-refractivity contribution in [3.05, 3.63) is 34.1 Å². The van der Waals surface area contributed by atoms with Crippen LogP contribution in [0.4, 0.5) is 5.69 Å². The number of carbonyl (C=O) groups is 1. The summed E-state index contributed by atoms with van der Waals surface area (Å²) < 4.78 is 9.92. The van der Waals surface area contributed by atoms with Gasteiger partial charge in [-0.3, -0.25) is 10.1 Å². The van der Waals surface area contributed by atoms with Gasteiger partial charge in [0.15, 0.2) is 0 Å². The third-order valence-electron chi connectivity index (χ3n) is 2.24. The van der Waals surface area contributed by atoms with E-state index in [1.54, 1.807) is 0 Å². The van der Waals surface area contributed by atoms with E-state index in [1.165, 1.54) is 25.3 Å². The second-order valence-corrected chi connectivity index (χ2v) is 3.20. The molecule has 0 aliphatic rings. The van der Waals surface area contributed by atoms with Crippen molar-refractivity contribution in [2.24, 2.45) is 0 Å². The van der Waals surface area contributed by atoms with Gasteiger partial charge in [0.05, 0.1) is 17.4 Å². The molecule has 1 heterocycles. The molecule has 2 aromatic rings. The van der Waals surface area contributed by atoms with Crippen molar-refractivity contribution in [2.75, 3.05) is 7.11 Å². The maximum Gasteiger partial charge on any atom is 0.371 e. The molecule has 0 amide bonds. The monoisotopic (exact) mass is 237 g/mol. The van der Waals surface area contributed by atoms with Gasteiger partial charge >= 0.3 is 11.7 Å². The van der Waals surface area contributed by atoms with Crippen LogP contribution >= 0.6 is 0 Å². The fraction of sp³-hybridized carbons (Fsp3) is 0.100. The van der Waals surface area contributed by atoms with E-state index >= 15 is 0 Å². The standard InChI is InChI=1S/C10H7NO6/c1-16-9-5-4-8(10(12)13)17-7(5)3-2-6(9)11(14)15/h2-4H,1H3,(H,12,13). The van der Waals surface area contributed by atoms with Gasteiger partial charge in [-0.2, -0.15) is 0 Å². The van der Waals surface area contributed by atoms with Crippen molar-refractivity contribution in [3.8, 4) is 5.75 Å². The van der Waals surface area contributed by atoms with Gasteiger partial charge in [0.2, 0.25) is 11.5 Å². The number of benzene rings is 1. The van der Waals surface area contributed by atoms with E-state index in [1.807, 2.05) is 0 Å². The molecule has 1 N–H and O–H groups in total. The number of methoxy groups -OCH3 is 1. The van der Waals surface area contributed by atoms with Gasteiger partial charge in [0.1, 0.15) is 5.58 Å². The normalized spacial score (nSPS) is 10.4. The van der Waals surface area contributed by atoms with Gasteiger partial charge < -0.3 is 14.3 Å². The minimum atomic E-state index is -1.24. The summed E-state index contributed by atoms with van der Waals surface area (Å²) in [7, 11) is 1.27. The molecule has 17 heavy (non-hydrogen) atoms. The Kier molecular flexibility index (Phi) is 2.43. The molecule has 0 spiro atoms. The summed E-state index contributed by atoms with van der Waals surface area (Å²) in [4.78, 5) is 20.9. The van der Waals surface area contributed by atoms with Gasteiger partial charge in [0, 0.05) is 12.1 Å². The van der Waals surface area contributed by atoms with E-state index < -0.39 is 10.9 Å². The lowest BCUT2D eigenvalue weighted by Gasteiger charge is -2.01. The molecule has 0 saturated heterocycles. The number of carboxylic acids is 1. The average molecular weight is 237 g/mol. The number of fused-ring (bicyclic) bond motifs is 1. The first-order chi connectivity index (χ1) is 8.04. The molecule has 1 aromatic carbocycles. The smallest absolute Gasteiger partial charge is 0.371 e. The number of rotatable bonds is 3. The van der Waals surface area contributed by atoms with Crippen LogP contribution in [0.25, 0.3) is 11.0 Å². The minimum absolute atomic E-state index is 0.0104. The van der Waals surface area contributed by atoms with E-state index in [-0.39, 0.29) is 28.2 Å². The fourth-order valence-corrected chi connectivity index (χ4v) is 1.54. The molecule has 0 fully saturated rings. The highest BCUT2D eigenvalue weighted by atomic mass is 16.6. The van der Waals surface area contributed by atoms with E-state index in [9.17, 15) is 14.9 Å². The zero-order chi connectivity index (χ0) is 12.6. The Hall–Kier alpha value is -2.57. The Morgan fingerprint density at radius 1 is 1.53 bits per heavy atom. The van der Waals surface area contributed by atoms with Crippen LogP contribution in [-0.2, 0) is 0 Å². The fourth-order valence-electron chi connectivity index (χ4n) is 1.54. The van der Waals surface area contributed by atoms with Crippen molar-refractivity contribution in [1.29, 1.82) is 0 Å². The third kappa shape index (κ3) is 1.67. The topological polar surface area (TPSA) is 103 Å². The molecule has 1 aromatic heterocycles. The molecule has 0 saturated carbocycles. The molecule has 88 valence electrons. The molecule has 0 bridgehead atoms. The predicted molar refractivity (Wildman–Crippen MR) is 56.4 cm³/mol.